The molecule has 4 heterocycles. The zero-order valence-electron chi connectivity index (χ0n) is 29.3. The van der Waals surface area contributed by atoms with Crippen LogP contribution in [0.4, 0.5) is 16.6 Å². The summed E-state index contributed by atoms with van der Waals surface area (Å²) in [5, 5.41) is 29.6. The smallest absolute Gasteiger partial charge is 0.320 e. The second-order valence-electron chi connectivity index (χ2n) is 14.2. The van der Waals surface area contributed by atoms with Crippen LogP contribution in [0.5, 0.6) is 11.5 Å². The molecule has 2 unspecified atom stereocenters. The van der Waals surface area contributed by atoms with Gasteiger partial charge in [0.1, 0.15) is 23.4 Å². The van der Waals surface area contributed by atoms with Crippen molar-refractivity contribution in [1.82, 2.24) is 29.7 Å². The predicted molar refractivity (Wildman–Crippen MR) is 197 cm³/mol. The highest BCUT2D eigenvalue weighted by Gasteiger charge is 2.30. The molecule has 5 aromatic rings. The monoisotopic (exact) mass is 712 g/mol. The first kappa shape index (κ1) is 34.6. The minimum Gasteiger partial charge on any atom is -0.492 e. The highest BCUT2D eigenvalue weighted by molar-refractivity contribution is 6.32. The molecule has 1 aliphatic heterocycles. The molecule has 0 spiro atoms. The third-order valence-corrected chi connectivity index (χ3v) is 9.77. The summed E-state index contributed by atoms with van der Waals surface area (Å²) >= 11 is 6.41. The number of anilines is 2. The molecule has 3 N–H and O–H groups in total. The van der Waals surface area contributed by atoms with Crippen LogP contribution in [0.1, 0.15) is 88.3 Å². The maximum Gasteiger partial charge on any atom is 0.320 e. The molecule has 268 valence electrons. The molecule has 0 saturated carbocycles. The quantitative estimate of drug-likeness (QED) is 0.128. The van der Waals surface area contributed by atoms with Crippen LogP contribution in [0.3, 0.4) is 0 Å². The maximum absolute atomic E-state index is 13.7. The minimum absolute atomic E-state index is 0.0217. The lowest BCUT2D eigenvalue weighted by molar-refractivity contribution is 0.171. The fourth-order valence-electron chi connectivity index (χ4n) is 6.75. The third kappa shape index (κ3) is 7.62. The number of aliphatic hydroxyl groups is 1. The van der Waals surface area contributed by atoms with Crippen LogP contribution in [0.15, 0.2) is 66.9 Å². The largest absolute Gasteiger partial charge is 0.492 e. The van der Waals surface area contributed by atoms with E-state index >= 15 is 0 Å². The lowest BCUT2D eigenvalue weighted by Gasteiger charge is -2.32. The average Bonchev–Trinajstić information content (AvgIpc) is 3.75. The van der Waals surface area contributed by atoms with Gasteiger partial charge in [-0.05, 0) is 67.5 Å². The molecule has 0 radical (unpaired) electrons. The van der Waals surface area contributed by atoms with E-state index < -0.39 is 0 Å². The fraction of sp³-hybridized carbons (Fsp3) is 0.421. The van der Waals surface area contributed by atoms with E-state index in [1.165, 1.54) is 6.42 Å². The van der Waals surface area contributed by atoms with E-state index in [-0.39, 0.29) is 30.2 Å². The number of piperidine rings is 1. The van der Waals surface area contributed by atoms with Gasteiger partial charge in [0.15, 0.2) is 5.65 Å². The van der Waals surface area contributed by atoms with E-state index in [1.54, 1.807) is 16.8 Å². The molecule has 7 rings (SSSR count). The second kappa shape index (κ2) is 14.8. The third-order valence-electron chi connectivity index (χ3n) is 9.45. The lowest BCUT2D eigenvalue weighted by atomic mass is 9.85. The number of benzene rings is 2. The number of nitrogens with one attached hydrogen (secondary N) is 2. The molecule has 12 nitrogen and oxygen atoms in total. The van der Waals surface area contributed by atoms with E-state index in [0.717, 1.165) is 66.5 Å². The Morgan fingerprint density at radius 1 is 1.00 bits per heavy atom. The van der Waals surface area contributed by atoms with Crippen LogP contribution in [-0.4, -0.2) is 61.8 Å². The Morgan fingerprint density at radius 3 is 2.59 bits per heavy atom. The molecule has 2 aromatic carbocycles. The van der Waals surface area contributed by atoms with E-state index in [9.17, 15) is 9.90 Å². The summed E-state index contributed by atoms with van der Waals surface area (Å²) in [6, 6.07) is 18.7. The summed E-state index contributed by atoms with van der Waals surface area (Å²) in [6.07, 6.45) is 7.27. The molecular formula is C38H45ClN8O4. The number of hydrogen-bond acceptors (Lipinski definition) is 8. The van der Waals surface area contributed by atoms with Crippen molar-refractivity contribution in [1.29, 1.82) is 0 Å². The van der Waals surface area contributed by atoms with Crippen molar-refractivity contribution in [2.75, 3.05) is 36.5 Å². The summed E-state index contributed by atoms with van der Waals surface area (Å²) in [4.78, 5) is 16.0. The van der Waals surface area contributed by atoms with Gasteiger partial charge in [0.2, 0.25) is 5.95 Å². The normalized spacial score (nSPS) is 17.6. The number of nitrogens with zero attached hydrogens (tertiary/aromatic N) is 6. The number of urea groups is 1. The molecule has 51 heavy (non-hydrogen) atoms. The Balaban J connectivity index is 1.08. The van der Waals surface area contributed by atoms with Gasteiger partial charge in [-0.1, -0.05) is 56.6 Å². The number of fused-ring (bicyclic) bond motifs is 2. The molecule has 2 amide bonds. The second-order valence-corrected chi connectivity index (χ2v) is 14.6. The van der Waals surface area contributed by atoms with Crippen LogP contribution >= 0.6 is 11.6 Å². The molecule has 2 aliphatic rings. The highest BCUT2D eigenvalue weighted by atomic mass is 35.5. The number of aromatic nitrogens is 5. The first-order valence-electron chi connectivity index (χ1n) is 17.7. The van der Waals surface area contributed by atoms with Crippen molar-refractivity contribution in [3.8, 4) is 17.2 Å². The van der Waals surface area contributed by atoms with Gasteiger partial charge in [-0.2, -0.15) is 5.10 Å². The van der Waals surface area contributed by atoms with Crippen LogP contribution < -0.4 is 25.0 Å². The number of aliphatic hydroxyl groups excluding tert-OH is 1. The number of ether oxygens (including phenoxy) is 2. The van der Waals surface area contributed by atoms with E-state index in [2.05, 4.69) is 58.6 Å². The number of hydrogen-bond donors (Lipinski definition) is 3. The van der Waals surface area contributed by atoms with Crippen molar-refractivity contribution in [3.63, 3.8) is 0 Å². The Bertz CT molecular complexity index is 2000. The van der Waals surface area contributed by atoms with Crippen molar-refractivity contribution in [2.24, 2.45) is 0 Å². The van der Waals surface area contributed by atoms with Crippen LogP contribution in [-0.2, 0) is 5.41 Å². The maximum atomic E-state index is 13.7. The van der Waals surface area contributed by atoms with Crippen molar-refractivity contribution in [3.05, 3.63) is 88.7 Å². The van der Waals surface area contributed by atoms with Gasteiger partial charge in [0.05, 0.1) is 35.2 Å². The lowest BCUT2D eigenvalue weighted by Crippen LogP contribution is -2.36. The Morgan fingerprint density at radius 2 is 1.80 bits per heavy atom. The van der Waals surface area contributed by atoms with Crippen LogP contribution in [0, 0.1) is 0 Å². The van der Waals surface area contributed by atoms with Crippen LogP contribution in [0.2, 0.25) is 5.02 Å². The van der Waals surface area contributed by atoms with E-state index in [0.29, 0.717) is 41.7 Å². The van der Waals surface area contributed by atoms with Crippen molar-refractivity contribution in [2.45, 2.75) is 76.9 Å². The van der Waals surface area contributed by atoms with E-state index in [4.69, 9.17) is 26.2 Å². The number of rotatable bonds is 10. The van der Waals surface area contributed by atoms with Gasteiger partial charge in [-0.15, -0.1) is 10.2 Å². The Hall–Kier alpha value is -4.81. The fourth-order valence-corrected chi connectivity index (χ4v) is 6.92. The number of halogens is 1. The zero-order chi connectivity index (χ0) is 35.5. The molecule has 2 atom stereocenters. The highest BCUT2D eigenvalue weighted by Crippen LogP contribution is 2.39. The minimum atomic E-state index is -0.340. The summed E-state index contributed by atoms with van der Waals surface area (Å²) in [7, 11) is 0. The SMILES string of the molecule is CC(C)(C)c1cc(NC(=O)NC2CCC(Oc3ccc4nnc(N5CCCCC5)n4c3)c3ccccc32)n(-c2ccc(Cl)c(OCCCO)c2)n1. The van der Waals surface area contributed by atoms with Gasteiger partial charge >= 0.3 is 6.03 Å². The van der Waals surface area contributed by atoms with E-state index in [1.807, 2.05) is 47.0 Å². The predicted octanol–water partition coefficient (Wildman–Crippen LogP) is 7.39. The van der Waals surface area contributed by atoms with Crippen molar-refractivity contribution < 1.29 is 19.4 Å². The Kier molecular flexibility index (Phi) is 10.1. The summed E-state index contributed by atoms with van der Waals surface area (Å²) in [6.45, 7) is 8.53. The average molecular weight is 713 g/mol. The number of amides is 2. The van der Waals surface area contributed by atoms with Gasteiger partial charge in [0, 0.05) is 43.7 Å². The van der Waals surface area contributed by atoms with Gasteiger partial charge < -0.3 is 24.8 Å². The molecule has 1 fully saturated rings. The van der Waals surface area contributed by atoms with Gasteiger partial charge in [0.25, 0.3) is 0 Å². The standard InChI is InChI=1S/C38H45ClN8O4/c1-38(2,3)33-23-35(47(44-33)25-12-14-29(39)32(22-25)50-21-9-20-48)41-36(49)40-30-15-16-31(28-11-6-5-10-27(28)30)51-26-13-17-34-42-43-37(46(34)24-26)45-18-7-4-8-19-45/h5-6,10-14,17,22-24,30-31,48H,4,7-9,15-16,18-21H2,1-3H3,(H2,40,41,49). The molecular weight excluding hydrogens is 668 g/mol. The van der Waals surface area contributed by atoms with Crippen molar-refractivity contribution >= 4 is 35.0 Å². The first-order chi connectivity index (χ1) is 24.7. The number of carbonyl (C=O) groups is 1. The number of pyridine rings is 1. The van der Waals surface area contributed by atoms with Gasteiger partial charge in [-0.3, -0.25) is 9.72 Å². The van der Waals surface area contributed by atoms with Gasteiger partial charge in [-0.25, -0.2) is 9.48 Å². The topological polar surface area (TPSA) is 131 Å². The molecule has 3 aromatic heterocycles. The van der Waals surface area contributed by atoms with Crippen LogP contribution in [0.25, 0.3) is 11.3 Å². The zero-order valence-corrected chi connectivity index (χ0v) is 30.1. The Labute approximate surface area is 302 Å². The molecule has 13 heteroatoms. The molecule has 1 saturated heterocycles. The summed E-state index contributed by atoms with van der Waals surface area (Å²) in [5.41, 5.74) is 4.09. The summed E-state index contributed by atoms with van der Waals surface area (Å²) < 4.78 is 16.2. The first-order valence-corrected chi connectivity index (χ1v) is 18.1. The molecule has 1 aliphatic carbocycles. The number of carbonyl (C=O) groups excluding carboxylic acids is 1. The molecule has 0 bridgehead atoms. The summed E-state index contributed by atoms with van der Waals surface area (Å²) in [5.74, 6) is 2.59.